The van der Waals surface area contributed by atoms with E-state index in [0.717, 1.165) is 11.1 Å². The second kappa shape index (κ2) is 3.81. The average molecular weight is 215 g/mol. The van der Waals surface area contributed by atoms with Crippen LogP contribution < -0.4 is 5.73 Å². The molecular formula is C12H13N3O. The lowest BCUT2D eigenvalue weighted by molar-refractivity contribution is 0.100. The van der Waals surface area contributed by atoms with E-state index in [1.54, 1.807) is 6.92 Å². The van der Waals surface area contributed by atoms with Gasteiger partial charge in [0.15, 0.2) is 0 Å². The van der Waals surface area contributed by atoms with Crippen LogP contribution in [0.15, 0.2) is 24.3 Å². The first-order valence-corrected chi connectivity index (χ1v) is 5.01. The van der Waals surface area contributed by atoms with Crippen molar-refractivity contribution >= 4 is 5.91 Å². The molecule has 2 rings (SSSR count). The van der Waals surface area contributed by atoms with Crippen LogP contribution in [0.5, 0.6) is 0 Å². The van der Waals surface area contributed by atoms with Crippen molar-refractivity contribution in [3.05, 3.63) is 41.1 Å². The number of nitrogens with one attached hydrogen (secondary N) is 1. The number of aromatic amines is 1. The number of carbonyl (C=O) groups is 1. The van der Waals surface area contributed by atoms with Gasteiger partial charge in [0.25, 0.3) is 5.91 Å². The Bertz CT molecular complexity index is 526. The molecule has 0 saturated heterocycles. The molecule has 0 bridgehead atoms. The summed E-state index contributed by atoms with van der Waals surface area (Å²) in [5.41, 5.74) is 9.16. The molecule has 0 radical (unpaired) electrons. The minimum absolute atomic E-state index is 0.457. The Balaban J connectivity index is 2.56. The smallest absolute Gasteiger partial charge is 0.252 e. The Morgan fingerprint density at radius 1 is 1.25 bits per heavy atom. The van der Waals surface area contributed by atoms with E-state index in [2.05, 4.69) is 10.2 Å². The summed E-state index contributed by atoms with van der Waals surface area (Å²) in [6, 6.07) is 7.81. The SMILES string of the molecule is Cc1ccc(-c2n[nH]c(C)c2C(N)=O)cc1. The molecule has 0 aliphatic rings. The van der Waals surface area contributed by atoms with Crippen LogP contribution in [0, 0.1) is 13.8 Å². The first-order chi connectivity index (χ1) is 7.59. The lowest BCUT2D eigenvalue weighted by Crippen LogP contribution is -2.12. The molecule has 0 aliphatic carbocycles. The van der Waals surface area contributed by atoms with E-state index in [1.165, 1.54) is 0 Å². The van der Waals surface area contributed by atoms with E-state index >= 15 is 0 Å². The fourth-order valence-electron chi connectivity index (χ4n) is 1.65. The van der Waals surface area contributed by atoms with Crippen LogP contribution in [0.2, 0.25) is 0 Å². The summed E-state index contributed by atoms with van der Waals surface area (Å²) in [6.45, 7) is 3.79. The second-order valence-electron chi connectivity index (χ2n) is 3.80. The summed E-state index contributed by atoms with van der Waals surface area (Å²) in [5, 5.41) is 6.89. The third kappa shape index (κ3) is 1.69. The Morgan fingerprint density at radius 2 is 1.88 bits per heavy atom. The highest BCUT2D eigenvalue weighted by Gasteiger charge is 2.16. The van der Waals surface area contributed by atoms with E-state index in [-0.39, 0.29) is 0 Å². The number of nitrogens with two attached hydrogens (primary N) is 1. The lowest BCUT2D eigenvalue weighted by atomic mass is 10.0. The zero-order valence-electron chi connectivity index (χ0n) is 9.24. The molecule has 0 atom stereocenters. The molecule has 4 heteroatoms. The molecule has 3 N–H and O–H groups in total. The van der Waals surface area contributed by atoms with Gasteiger partial charge in [0, 0.05) is 11.3 Å². The van der Waals surface area contributed by atoms with E-state index < -0.39 is 5.91 Å². The van der Waals surface area contributed by atoms with Crippen molar-refractivity contribution in [2.75, 3.05) is 0 Å². The summed E-state index contributed by atoms with van der Waals surface area (Å²) in [5.74, 6) is -0.457. The molecule has 4 nitrogen and oxygen atoms in total. The van der Waals surface area contributed by atoms with Crippen molar-refractivity contribution < 1.29 is 4.79 Å². The van der Waals surface area contributed by atoms with E-state index in [0.29, 0.717) is 17.0 Å². The molecule has 1 amide bonds. The van der Waals surface area contributed by atoms with Crippen molar-refractivity contribution in [1.29, 1.82) is 0 Å². The normalized spacial score (nSPS) is 10.4. The third-order valence-electron chi connectivity index (χ3n) is 2.52. The van der Waals surface area contributed by atoms with Gasteiger partial charge in [-0.1, -0.05) is 29.8 Å². The predicted molar refractivity (Wildman–Crippen MR) is 62.0 cm³/mol. The van der Waals surface area contributed by atoms with E-state index in [1.807, 2.05) is 31.2 Å². The molecule has 0 fully saturated rings. The van der Waals surface area contributed by atoms with Gasteiger partial charge >= 0.3 is 0 Å². The fraction of sp³-hybridized carbons (Fsp3) is 0.167. The Kier molecular flexibility index (Phi) is 2.48. The maximum absolute atomic E-state index is 11.3. The van der Waals surface area contributed by atoms with Gasteiger partial charge in [-0.05, 0) is 13.8 Å². The summed E-state index contributed by atoms with van der Waals surface area (Å²) in [4.78, 5) is 11.3. The quantitative estimate of drug-likeness (QED) is 0.801. The van der Waals surface area contributed by atoms with Crippen molar-refractivity contribution in [1.82, 2.24) is 10.2 Å². The fourth-order valence-corrected chi connectivity index (χ4v) is 1.65. The molecular weight excluding hydrogens is 202 g/mol. The number of aromatic nitrogens is 2. The van der Waals surface area contributed by atoms with Gasteiger partial charge in [-0.25, -0.2) is 0 Å². The van der Waals surface area contributed by atoms with Gasteiger partial charge in [0.05, 0.1) is 5.56 Å². The summed E-state index contributed by atoms with van der Waals surface area (Å²) >= 11 is 0. The largest absolute Gasteiger partial charge is 0.365 e. The maximum atomic E-state index is 11.3. The topological polar surface area (TPSA) is 71.8 Å². The van der Waals surface area contributed by atoms with Crippen molar-refractivity contribution in [2.45, 2.75) is 13.8 Å². The second-order valence-corrected chi connectivity index (χ2v) is 3.80. The molecule has 16 heavy (non-hydrogen) atoms. The van der Waals surface area contributed by atoms with Crippen LogP contribution in [-0.4, -0.2) is 16.1 Å². The number of carbonyl (C=O) groups excluding carboxylic acids is 1. The molecule has 0 spiro atoms. The van der Waals surface area contributed by atoms with Gasteiger partial charge < -0.3 is 5.73 Å². The number of benzene rings is 1. The zero-order valence-corrected chi connectivity index (χ0v) is 9.24. The highest BCUT2D eigenvalue weighted by atomic mass is 16.1. The highest BCUT2D eigenvalue weighted by Crippen LogP contribution is 2.23. The number of hydrogen-bond acceptors (Lipinski definition) is 2. The number of rotatable bonds is 2. The molecule has 1 aromatic heterocycles. The van der Waals surface area contributed by atoms with Crippen LogP contribution in [0.4, 0.5) is 0 Å². The first-order valence-electron chi connectivity index (χ1n) is 5.01. The monoisotopic (exact) mass is 215 g/mol. The number of nitrogens with zero attached hydrogens (tertiary/aromatic N) is 1. The number of hydrogen-bond donors (Lipinski definition) is 2. The molecule has 0 saturated carbocycles. The zero-order chi connectivity index (χ0) is 11.7. The highest BCUT2D eigenvalue weighted by molar-refractivity contribution is 5.99. The Hall–Kier alpha value is -2.10. The van der Waals surface area contributed by atoms with E-state index in [9.17, 15) is 4.79 Å². The molecule has 0 unspecified atom stereocenters. The van der Waals surface area contributed by atoms with Crippen LogP contribution in [-0.2, 0) is 0 Å². The molecule has 0 aliphatic heterocycles. The third-order valence-corrected chi connectivity index (χ3v) is 2.52. The van der Waals surface area contributed by atoms with Gasteiger partial charge in [-0.2, -0.15) is 5.10 Å². The number of amides is 1. The summed E-state index contributed by atoms with van der Waals surface area (Å²) in [7, 11) is 0. The first kappa shape index (κ1) is 10.4. The van der Waals surface area contributed by atoms with Gasteiger partial charge in [-0.3, -0.25) is 9.89 Å². The lowest BCUT2D eigenvalue weighted by Gasteiger charge is -2.00. The Labute approximate surface area is 93.5 Å². The van der Waals surface area contributed by atoms with Gasteiger partial charge in [-0.15, -0.1) is 0 Å². The Morgan fingerprint density at radius 3 is 2.44 bits per heavy atom. The standard InChI is InChI=1S/C12H13N3O/c1-7-3-5-9(6-4-7)11-10(12(13)16)8(2)14-15-11/h3-6H,1-2H3,(H2,13,16)(H,14,15). The van der Waals surface area contributed by atoms with Crippen LogP contribution in [0.1, 0.15) is 21.6 Å². The van der Waals surface area contributed by atoms with Crippen molar-refractivity contribution in [2.24, 2.45) is 5.73 Å². The van der Waals surface area contributed by atoms with Gasteiger partial charge in [0.2, 0.25) is 0 Å². The minimum atomic E-state index is -0.457. The maximum Gasteiger partial charge on any atom is 0.252 e. The summed E-state index contributed by atoms with van der Waals surface area (Å²) < 4.78 is 0. The molecule has 1 heterocycles. The predicted octanol–water partition coefficient (Wildman–Crippen LogP) is 1.79. The van der Waals surface area contributed by atoms with Gasteiger partial charge in [0.1, 0.15) is 5.69 Å². The molecule has 2 aromatic rings. The number of aryl methyl sites for hydroxylation is 2. The number of H-pyrrole nitrogens is 1. The summed E-state index contributed by atoms with van der Waals surface area (Å²) in [6.07, 6.45) is 0. The van der Waals surface area contributed by atoms with Crippen LogP contribution >= 0.6 is 0 Å². The molecule has 1 aromatic carbocycles. The van der Waals surface area contributed by atoms with Crippen molar-refractivity contribution in [3.63, 3.8) is 0 Å². The van der Waals surface area contributed by atoms with E-state index in [4.69, 9.17) is 5.73 Å². The average Bonchev–Trinajstić information content (AvgIpc) is 2.61. The van der Waals surface area contributed by atoms with Crippen LogP contribution in [0.25, 0.3) is 11.3 Å². The van der Waals surface area contributed by atoms with Crippen molar-refractivity contribution in [3.8, 4) is 11.3 Å². The van der Waals surface area contributed by atoms with Crippen LogP contribution in [0.3, 0.4) is 0 Å². The number of primary amides is 1. The molecule has 82 valence electrons. The minimum Gasteiger partial charge on any atom is -0.365 e.